The first kappa shape index (κ1) is 23.4. The second-order valence-electron chi connectivity index (χ2n) is 9.61. The number of halogens is 2. The molecule has 1 fully saturated rings. The van der Waals surface area contributed by atoms with Gasteiger partial charge in [-0.15, -0.1) is 0 Å². The van der Waals surface area contributed by atoms with Crippen LogP contribution in [0.3, 0.4) is 0 Å². The molecule has 32 heavy (non-hydrogen) atoms. The van der Waals surface area contributed by atoms with Gasteiger partial charge in [0.15, 0.2) is 5.58 Å². The minimum absolute atomic E-state index is 0.289. The fourth-order valence-corrected chi connectivity index (χ4v) is 4.80. The summed E-state index contributed by atoms with van der Waals surface area (Å²) >= 11 is 12.2. The zero-order valence-corrected chi connectivity index (χ0v) is 20.9. The van der Waals surface area contributed by atoms with Gasteiger partial charge in [-0.05, 0) is 99.0 Å². The van der Waals surface area contributed by atoms with Crippen molar-refractivity contribution in [3.05, 3.63) is 57.1 Å². The zero-order valence-electron chi connectivity index (χ0n) is 19.4. The number of rotatable bonds is 7. The Morgan fingerprint density at radius 2 is 1.78 bits per heavy atom. The van der Waals surface area contributed by atoms with Crippen LogP contribution in [0.2, 0.25) is 10.0 Å². The zero-order chi connectivity index (χ0) is 22.8. The van der Waals surface area contributed by atoms with Gasteiger partial charge in [0, 0.05) is 12.6 Å². The molecular formula is C26H33Cl2N3O. The number of hydrogen-bond acceptors (Lipinski definition) is 4. The van der Waals surface area contributed by atoms with Crippen molar-refractivity contribution in [1.29, 1.82) is 0 Å². The molecule has 0 bridgehead atoms. The molecule has 6 heteroatoms. The second kappa shape index (κ2) is 10.0. The molecule has 1 atom stereocenters. The summed E-state index contributed by atoms with van der Waals surface area (Å²) in [5.74, 6) is 1.17. The Hall–Kier alpha value is -1.75. The summed E-state index contributed by atoms with van der Waals surface area (Å²) in [5.41, 5.74) is 5.51. The summed E-state index contributed by atoms with van der Waals surface area (Å²) in [5, 5.41) is 4.85. The van der Waals surface area contributed by atoms with E-state index >= 15 is 0 Å². The molecule has 4 nitrogen and oxygen atoms in total. The first-order chi connectivity index (χ1) is 15.3. The molecule has 3 aromatic rings. The van der Waals surface area contributed by atoms with Gasteiger partial charge in [-0.25, -0.2) is 0 Å². The number of fused-ring (bicyclic) bond motifs is 1. The maximum atomic E-state index is 6.19. The minimum atomic E-state index is 0.289. The Labute approximate surface area is 201 Å². The highest BCUT2D eigenvalue weighted by Crippen LogP contribution is 2.28. The number of anilines is 1. The van der Waals surface area contributed by atoms with Crippen LogP contribution in [0.1, 0.15) is 43.4 Å². The Balaban J connectivity index is 1.33. The van der Waals surface area contributed by atoms with Gasteiger partial charge in [0.2, 0.25) is 0 Å². The fourth-order valence-electron chi connectivity index (χ4n) is 4.47. The quantitative estimate of drug-likeness (QED) is 0.395. The molecule has 172 valence electrons. The molecule has 4 rings (SSSR count). The molecule has 0 radical (unpaired) electrons. The summed E-state index contributed by atoms with van der Waals surface area (Å²) < 4.78 is 6.01. The lowest BCUT2D eigenvalue weighted by Gasteiger charge is -2.35. The van der Waals surface area contributed by atoms with Crippen LogP contribution in [0, 0.1) is 25.7 Å². The molecule has 1 aliphatic rings. The van der Waals surface area contributed by atoms with Crippen LogP contribution in [0.4, 0.5) is 6.01 Å². The lowest BCUT2D eigenvalue weighted by atomic mass is 9.89. The summed E-state index contributed by atoms with van der Waals surface area (Å²) in [7, 11) is 0. The molecule has 1 saturated heterocycles. The fraction of sp³-hybridized carbons (Fsp3) is 0.500. The van der Waals surface area contributed by atoms with Crippen LogP contribution < -0.4 is 5.32 Å². The summed E-state index contributed by atoms with van der Waals surface area (Å²) in [6, 6.07) is 11.1. The lowest BCUT2D eigenvalue weighted by Crippen LogP contribution is -2.43. The molecule has 1 aromatic heterocycles. The molecule has 1 aliphatic heterocycles. The maximum Gasteiger partial charge on any atom is 0.295 e. The largest absolute Gasteiger partial charge is 0.424 e. The van der Waals surface area contributed by atoms with Gasteiger partial charge in [0.25, 0.3) is 6.01 Å². The molecule has 0 unspecified atom stereocenters. The van der Waals surface area contributed by atoms with E-state index in [1.807, 2.05) is 12.1 Å². The molecule has 0 amide bonds. The number of piperidine rings is 1. The van der Waals surface area contributed by atoms with Crippen molar-refractivity contribution in [3.8, 4) is 0 Å². The number of nitrogens with zero attached hydrogens (tertiary/aromatic N) is 2. The summed E-state index contributed by atoms with van der Waals surface area (Å²) in [6.07, 6.45) is 3.47. The normalized spacial score (nSPS) is 16.7. The number of aromatic nitrogens is 1. The standard InChI is InChI=1S/C26H33Cl2N3O/c1-16(2)24(30-26-29-23-11-17(3)18(4)12-25(23)32-26)15-31-9-7-19(8-10-31)13-20-5-6-21(27)22(28)14-20/h5-6,11-12,14,16,19,24H,7-10,13,15H2,1-4H3,(H,29,30)/t24-/m0/s1. The Kier molecular flexibility index (Phi) is 7.34. The van der Waals surface area contributed by atoms with Crippen molar-refractivity contribution < 1.29 is 4.42 Å². The maximum absolute atomic E-state index is 6.19. The van der Waals surface area contributed by atoms with Crippen molar-refractivity contribution in [2.24, 2.45) is 11.8 Å². The first-order valence-electron chi connectivity index (χ1n) is 11.6. The number of likely N-dealkylation sites (tertiary alicyclic amines) is 1. The van der Waals surface area contributed by atoms with Crippen LogP contribution in [-0.4, -0.2) is 35.6 Å². The van der Waals surface area contributed by atoms with Gasteiger partial charge >= 0.3 is 0 Å². The van der Waals surface area contributed by atoms with E-state index in [1.54, 1.807) is 0 Å². The highest BCUT2D eigenvalue weighted by atomic mass is 35.5. The predicted molar refractivity (Wildman–Crippen MR) is 135 cm³/mol. The van der Waals surface area contributed by atoms with Crippen molar-refractivity contribution in [3.63, 3.8) is 0 Å². The van der Waals surface area contributed by atoms with Crippen LogP contribution in [0.5, 0.6) is 0 Å². The van der Waals surface area contributed by atoms with E-state index in [0.717, 1.165) is 37.2 Å². The third-order valence-corrected chi connectivity index (χ3v) is 7.53. The van der Waals surface area contributed by atoms with Crippen molar-refractivity contribution in [1.82, 2.24) is 9.88 Å². The molecule has 0 saturated carbocycles. The summed E-state index contributed by atoms with van der Waals surface area (Å²) in [4.78, 5) is 7.26. The van der Waals surface area contributed by atoms with Gasteiger partial charge in [-0.2, -0.15) is 4.98 Å². The van der Waals surface area contributed by atoms with E-state index in [1.165, 1.54) is 29.5 Å². The van der Waals surface area contributed by atoms with Crippen LogP contribution >= 0.6 is 23.2 Å². The van der Waals surface area contributed by atoms with Gasteiger partial charge in [0.05, 0.1) is 10.0 Å². The SMILES string of the molecule is Cc1cc2nc(N[C@@H](CN3CCC(Cc4ccc(Cl)c(Cl)c4)CC3)C(C)C)oc2cc1C. The molecule has 2 heterocycles. The van der Waals surface area contributed by atoms with Gasteiger partial charge in [-0.1, -0.05) is 43.1 Å². The van der Waals surface area contributed by atoms with E-state index in [2.05, 4.69) is 61.1 Å². The molecule has 2 aromatic carbocycles. The number of aryl methyl sites for hydroxylation is 2. The van der Waals surface area contributed by atoms with Crippen molar-refractivity contribution in [2.45, 2.75) is 53.0 Å². The van der Waals surface area contributed by atoms with Gasteiger partial charge < -0.3 is 14.6 Å². The van der Waals surface area contributed by atoms with E-state index < -0.39 is 0 Å². The molecule has 0 spiro atoms. The van der Waals surface area contributed by atoms with Crippen LogP contribution in [0.25, 0.3) is 11.1 Å². The van der Waals surface area contributed by atoms with E-state index in [4.69, 9.17) is 27.6 Å². The predicted octanol–water partition coefficient (Wildman–Crippen LogP) is 7.14. The average Bonchev–Trinajstić information content (AvgIpc) is 3.13. The first-order valence-corrected chi connectivity index (χ1v) is 12.3. The second-order valence-corrected chi connectivity index (χ2v) is 10.4. The number of benzene rings is 2. The van der Waals surface area contributed by atoms with E-state index in [9.17, 15) is 0 Å². The average molecular weight is 474 g/mol. The Morgan fingerprint density at radius 3 is 2.47 bits per heavy atom. The molecule has 1 N–H and O–H groups in total. The third kappa shape index (κ3) is 5.59. The van der Waals surface area contributed by atoms with E-state index in [0.29, 0.717) is 27.9 Å². The Bertz CT molecular complexity index is 1030. The highest BCUT2D eigenvalue weighted by molar-refractivity contribution is 6.42. The third-order valence-electron chi connectivity index (χ3n) is 6.79. The highest BCUT2D eigenvalue weighted by Gasteiger charge is 2.24. The number of hydrogen-bond donors (Lipinski definition) is 1. The van der Waals surface area contributed by atoms with Crippen molar-refractivity contribution in [2.75, 3.05) is 25.0 Å². The summed E-state index contributed by atoms with van der Waals surface area (Å²) in [6.45, 7) is 11.9. The van der Waals surface area contributed by atoms with Gasteiger partial charge in [0.1, 0.15) is 5.52 Å². The minimum Gasteiger partial charge on any atom is -0.424 e. The van der Waals surface area contributed by atoms with E-state index in [-0.39, 0.29) is 6.04 Å². The van der Waals surface area contributed by atoms with Crippen LogP contribution in [0.15, 0.2) is 34.7 Å². The smallest absolute Gasteiger partial charge is 0.295 e. The number of oxazole rings is 1. The van der Waals surface area contributed by atoms with Crippen molar-refractivity contribution >= 4 is 40.3 Å². The lowest BCUT2D eigenvalue weighted by molar-refractivity contribution is 0.169. The van der Waals surface area contributed by atoms with Gasteiger partial charge in [-0.3, -0.25) is 0 Å². The number of nitrogens with one attached hydrogen (secondary N) is 1. The molecular weight excluding hydrogens is 441 g/mol. The molecule has 0 aliphatic carbocycles. The topological polar surface area (TPSA) is 41.3 Å². The van der Waals surface area contributed by atoms with Crippen LogP contribution in [-0.2, 0) is 6.42 Å². The Morgan fingerprint density at radius 1 is 1.06 bits per heavy atom. The monoisotopic (exact) mass is 473 g/mol.